The normalized spacial score (nSPS) is 22.3. The standard InChI is InChI=1S/C20H26FN7/c1-11(2)18-14-8-12(9-15(21)17(14)27-28(18)3)16-5-7-24-19(25-16)26-20(23)6-4-13(22)10-20/h5,7-9,11,13H,4,6,10,22-23H2,1-3H3,(H,24,25,26)/t13-,20-/m0/s1. The SMILES string of the molecule is CC(C)c1c2cc(-c3ccnc(N[C@@]4(N)CC[C@H](N)C4)n3)cc(F)c2nn1C. The van der Waals surface area contributed by atoms with Crippen molar-refractivity contribution in [1.29, 1.82) is 0 Å². The largest absolute Gasteiger partial charge is 0.336 e. The lowest BCUT2D eigenvalue weighted by Crippen LogP contribution is -2.46. The fraction of sp³-hybridized carbons (Fsp3) is 0.450. The third-order valence-corrected chi connectivity index (χ3v) is 5.38. The van der Waals surface area contributed by atoms with Crippen LogP contribution < -0.4 is 16.8 Å². The average Bonchev–Trinajstić information content (AvgIpc) is 3.14. The van der Waals surface area contributed by atoms with Gasteiger partial charge in [-0.3, -0.25) is 4.68 Å². The molecule has 2 heterocycles. The number of halogens is 1. The van der Waals surface area contributed by atoms with Crippen LogP contribution in [0.5, 0.6) is 0 Å². The number of nitrogens with two attached hydrogens (primary N) is 2. The van der Waals surface area contributed by atoms with Crippen LogP contribution in [-0.2, 0) is 7.05 Å². The van der Waals surface area contributed by atoms with Gasteiger partial charge in [0.2, 0.25) is 5.95 Å². The molecule has 0 radical (unpaired) electrons. The first-order chi connectivity index (χ1) is 13.3. The van der Waals surface area contributed by atoms with Gasteiger partial charge in [0.1, 0.15) is 5.52 Å². The van der Waals surface area contributed by atoms with Crippen molar-refractivity contribution in [3.8, 4) is 11.3 Å². The zero-order chi connectivity index (χ0) is 20.1. The number of anilines is 1. The summed E-state index contributed by atoms with van der Waals surface area (Å²) in [4.78, 5) is 8.85. The number of hydrogen-bond donors (Lipinski definition) is 3. The molecule has 5 N–H and O–H groups in total. The van der Waals surface area contributed by atoms with Crippen molar-refractivity contribution in [2.75, 3.05) is 5.32 Å². The third-order valence-electron chi connectivity index (χ3n) is 5.38. The molecule has 0 unspecified atom stereocenters. The Bertz CT molecular complexity index is 1030. The molecule has 1 aliphatic carbocycles. The van der Waals surface area contributed by atoms with Gasteiger partial charge >= 0.3 is 0 Å². The van der Waals surface area contributed by atoms with E-state index in [1.165, 1.54) is 6.07 Å². The van der Waals surface area contributed by atoms with Crippen LogP contribution in [0.3, 0.4) is 0 Å². The maximum absolute atomic E-state index is 14.8. The number of fused-ring (bicyclic) bond motifs is 1. The molecule has 8 heteroatoms. The first-order valence-electron chi connectivity index (χ1n) is 9.58. The molecule has 0 saturated heterocycles. The number of rotatable bonds is 4. The number of nitrogens with one attached hydrogen (secondary N) is 1. The molecule has 1 aliphatic rings. The first kappa shape index (κ1) is 18.8. The Balaban J connectivity index is 1.73. The van der Waals surface area contributed by atoms with Gasteiger partial charge < -0.3 is 16.8 Å². The molecule has 4 rings (SSSR count). The average molecular weight is 383 g/mol. The number of benzene rings is 1. The highest BCUT2D eigenvalue weighted by Crippen LogP contribution is 2.32. The van der Waals surface area contributed by atoms with E-state index in [0.29, 0.717) is 29.1 Å². The van der Waals surface area contributed by atoms with Crippen molar-refractivity contribution in [2.45, 2.75) is 50.7 Å². The molecule has 0 aliphatic heterocycles. The summed E-state index contributed by atoms with van der Waals surface area (Å²) in [5.41, 5.74) is 14.4. The second-order valence-electron chi connectivity index (χ2n) is 8.07. The van der Waals surface area contributed by atoms with E-state index in [2.05, 4.69) is 34.2 Å². The molecule has 0 bridgehead atoms. The molecule has 0 amide bonds. The van der Waals surface area contributed by atoms with Crippen molar-refractivity contribution >= 4 is 16.9 Å². The van der Waals surface area contributed by atoms with Crippen LogP contribution in [0, 0.1) is 5.82 Å². The van der Waals surface area contributed by atoms with Gasteiger partial charge in [0.05, 0.1) is 11.4 Å². The minimum Gasteiger partial charge on any atom is -0.336 e. The third kappa shape index (κ3) is 3.33. The topological polar surface area (TPSA) is 108 Å². The Labute approximate surface area is 163 Å². The van der Waals surface area contributed by atoms with Gasteiger partial charge in [-0.15, -0.1) is 0 Å². The van der Waals surface area contributed by atoms with E-state index in [-0.39, 0.29) is 17.8 Å². The van der Waals surface area contributed by atoms with Crippen LogP contribution in [0.15, 0.2) is 24.4 Å². The molecule has 3 aromatic rings. The summed E-state index contributed by atoms with van der Waals surface area (Å²) in [5.74, 6) is 0.279. The van der Waals surface area contributed by atoms with Crippen LogP contribution in [0.1, 0.15) is 44.7 Å². The lowest BCUT2D eigenvalue weighted by molar-refractivity contribution is 0.490. The van der Waals surface area contributed by atoms with Crippen molar-refractivity contribution in [2.24, 2.45) is 18.5 Å². The highest BCUT2D eigenvalue weighted by atomic mass is 19.1. The maximum atomic E-state index is 14.8. The molecule has 148 valence electrons. The van der Waals surface area contributed by atoms with E-state index in [1.807, 2.05) is 13.1 Å². The van der Waals surface area contributed by atoms with Crippen LogP contribution in [-0.4, -0.2) is 31.5 Å². The fourth-order valence-electron chi connectivity index (χ4n) is 4.14. The van der Waals surface area contributed by atoms with Crippen molar-refractivity contribution in [3.63, 3.8) is 0 Å². The molecular formula is C20H26FN7. The van der Waals surface area contributed by atoms with Crippen molar-refractivity contribution in [1.82, 2.24) is 19.7 Å². The van der Waals surface area contributed by atoms with E-state index in [4.69, 9.17) is 11.5 Å². The molecule has 2 atom stereocenters. The number of hydrogen-bond acceptors (Lipinski definition) is 6. The molecular weight excluding hydrogens is 357 g/mol. The predicted octanol–water partition coefficient (Wildman–Crippen LogP) is 2.87. The van der Waals surface area contributed by atoms with Crippen LogP contribution >= 0.6 is 0 Å². The van der Waals surface area contributed by atoms with Gasteiger partial charge in [-0.05, 0) is 43.4 Å². The Morgan fingerprint density at radius 1 is 1.36 bits per heavy atom. The quantitative estimate of drug-likeness (QED) is 0.598. The summed E-state index contributed by atoms with van der Waals surface area (Å²) < 4.78 is 16.5. The van der Waals surface area contributed by atoms with Crippen molar-refractivity contribution < 1.29 is 4.39 Å². The lowest BCUT2D eigenvalue weighted by atomic mass is 10.0. The van der Waals surface area contributed by atoms with Crippen LogP contribution in [0.2, 0.25) is 0 Å². The summed E-state index contributed by atoms with van der Waals surface area (Å²) in [5, 5.41) is 8.35. The second-order valence-corrected chi connectivity index (χ2v) is 8.07. The molecule has 1 aromatic carbocycles. The van der Waals surface area contributed by atoms with Crippen LogP contribution in [0.4, 0.5) is 10.3 Å². The Hall–Kier alpha value is -2.58. The molecule has 1 fully saturated rings. The highest BCUT2D eigenvalue weighted by Gasteiger charge is 2.34. The van der Waals surface area contributed by atoms with E-state index >= 15 is 0 Å². The summed E-state index contributed by atoms with van der Waals surface area (Å²) >= 11 is 0. The molecule has 1 saturated carbocycles. The Morgan fingerprint density at radius 3 is 2.82 bits per heavy atom. The highest BCUT2D eigenvalue weighted by molar-refractivity contribution is 5.87. The van der Waals surface area contributed by atoms with Crippen molar-refractivity contribution in [3.05, 3.63) is 35.9 Å². The summed E-state index contributed by atoms with van der Waals surface area (Å²) in [6.45, 7) is 4.14. The molecule has 0 spiro atoms. The predicted molar refractivity (Wildman–Crippen MR) is 108 cm³/mol. The van der Waals surface area contributed by atoms with Gasteiger partial charge in [0, 0.05) is 35.9 Å². The molecule has 2 aromatic heterocycles. The first-order valence-corrected chi connectivity index (χ1v) is 9.58. The van der Waals surface area contributed by atoms with Gasteiger partial charge in [0.15, 0.2) is 5.82 Å². The maximum Gasteiger partial charge on any atom is 0.224 e. The van der Waals surface area contributed by atoms with Gasteiger partial charge in [-0.25, -0.2) is 14.4 Å². The summed E-state index contributed by atoms with van der Waals surface area (Å²) in [7, 11) is 1.84. The monoisotopic (exact) mass is 383 g/mol. The number of nitrogens with zero attached hydrogens (tertiary/aromatic N) is 4. The second kappa shape index (κ2) is 6.79. The van der Waals surface area contributed by atoms with E-state index in [9.17, 15) is 4.39 Å². The van der Waals surface area contributed by atoms with E-state index < -0.39 is 5.66 Å². The Kier molecular flexibility index (Phi) is 4.55. The molecule has 7 nitrogen and oxygen atoms in total. The smallest absolute Gasteiger partial charge is 0.224 e. The number of aromatic nitrogens is 4. The van der Waals surface area contributed by atoms with Gasteiger partial charge in [0.25, 0.3) is 0 Å². The summed E-state index contributed by atoms with van der Waals surface area (Å²) in [6.07, 6.45) is 3.94. The lowest BCUT2D eigenvalue weighted by Gasteiger charge is -2.25. The zero-order valence-corrected chi connectivity index (χ0v) is 16.4. The fourth-order valence-corrected chi connectivity index (χ4v) is 4.14. The van der Waals surface area contributed by atoms with Gasteiger partial charge in [-0.2, -0.15) is 5.10 Å². The van der Waals surface area contributed by atoms with E-state index in [1.54, 1.807) is 16.9 Å². The minimum absolute atomic E-state index is 0.0808. The Morgan fingerprint density at radius 2 is 2.14 bits per heavy atom. The van der Waals surface area contributed by atoms with Crippen LogP contribution in [0.25, 0.3) is 22.2 Å². The number of aryl methyl sites for hydroxylation is 1. The minimum atomic E-state index is -0.610. The van der Waals surface area contributed by atoms with Gasteiger partial charge in [-0.1, -0.05) is 13.8 Å². The molecule has 28 heavy (non-hydrogen) atoms. The zero-order valence-electron chi connectivity index (χ0n) is 16.4. The van der Waals surface area contributed by atoms with E-state index in [0.717, 1.165) is 23.9 Å². The summed E-state index contributed by atoms with van der Waals surface area (Å²) in [6, 6.07) is 5.25.